The highest BCUT2D eigenvalue weighted by Crippen LogP contribution is 2.23. The van der Waals surface area contributed by atoms with Crippen LogP contribution in [0, 0.1) is 0 Å². The molecule has 58 heavy (non-hydrogen) atoms. The summed E-state index contributed by atoms with van der Waals surface area (Å²) < 4.78 is 11.1. The maximum Gasteiger partial charge on any atom is 0.249 e. The first-order valence-corrected chi connectivity index (χ1v) is 23.7. The summed E-state index contributed by atoms with van der Waals surface area (Å²) in [4.78, 5) is 13.1. The fourth-order valence-electron chi connectivity index (χ4n) is 7.52. The minimum absolute atomic E-state index is 0.247. The monoisotopic (exact) mass is 828 g/mol. The molecule has 0 aliphatic carbocycles. The smallest absolute Gasteiger partial charge is 0.249 e. The van der Waals surface area contributed by atoms with Crippen LogP contribution in [0.4, 0.5) is 0 Å². The third-order valence-electron chi connectivity index (χ3n) is 11.5. The van der Waals surface area contributed by atoms with E-state index in [0.29, 0.717) is 19.3 Å². The van der Waals surface area contributed by atoms with Gasteiger partial charge in [0.25, 0.3) is 0 Å². The predicted molar refractivity (Wildman–Crippen MR) is 233 cm³/mol. The third kappa shape index (κ3) is 26.7. The van der Waals surface area contributed by atoms with E-state index in [-0.39, 0.29) is 12.8 Å². The van der Waals surface area contributed by atoms with Gasteiger partial charge in [-0.1, -0.05) is 173 Å². The number of allylic oxidation sites excluding steroid dienone is 4. The zero-order chi connectivity index (χ0) is 42.6. The molecule has 9 unspecified atom stereocenters. The predicted octanol–water partition coefficient (Wildman–Crippen LogP) is 7.84. The summed E-state index contributed by atoms with van der Waals surface area (Å²) in [5, 5.41) is 75.6. The van der Waals surface area contributed by atoms with Gasteiger partial charge in [0, 0.05) is 0 Å². The number of carbonyl (C=O) groups is 1. The number of hydrogen-bond acceptors (Lipinski definition) is 10. The van der Waals surface area contributed by atoms with E-state index in [0.717, 1.165) is 38.5 Å². The quantitative estimate of drug-likeness (QED) is 0.0224. The van der Waals surface area contributed by atoms with Crippen molar-refractivity contribution in [3.8, 4) is 0 Å². The van der Waals surface area contributed by atoms with E-state index in [1.54, 1.807) is 0 Å². The molecule has 0 aromatic heterocycles. The molecule has 9 atom stereocenters. The summed E-state index contributed by atoms with van der Waals surface area (Å²) in [6.45, 7) is 3.40. The fraction of sp³-hybridized carbons (Fsp3) is 0.894. The molecule has 1 saturated heterocycles. The molecule has 1 amide bonds. The third-order valence-corrected chi connectivity index (χ3v) is 11.5. The van der Waals surface area contributed by atoms with Crippen LogP contribution in [0.1, 0.15) is 200 Å². The Morgan fingerprint density at radius 1 is 0.586 bits per heavy atom. The van der Waals surface area contributed by atoms with Gasteiger partial charge in [-0.2, -0.15) is 0 Å². The Labute approximate surface area is 353 Å². The second-order valence-corrected chi connectivity index (χ2v) is 16.8. The highest BCUT2D eigenvalue weighted by Gasteiger charge is 2.44. The average molecular weight is 828 g/mol. The fourth-order valence-corrected chi connectivity index (χ4v) is 7.52. The maximum atomic E-state index is 13.1. The zero-order valence-electron chi connectivity index (χ0n) is 36.8. The Hall–Kier alpha value is -1.41. The lowest BCUT2D eigenvalue weighted by Gasteiger charge is -2.40. The zero-order valence-corrected chi connectivity index (χ0v) is 36.8. The molecule has 0 saturated carbocycles. The van der Waals surface area contributed by atoms with Crippen molar-refractivity contribution in [3.63, 3.8) is 0 Å². The molecule has 8 N–H and O–H groups in total. The van der Waals surface area contributed by atoms with Gasteiger partial charge in [0.15, 0.2) is 6.29 Å². The molecule has 0 bridgehead atoms. The largest absolute Gasteiger partial charge is 0.394 e. The van der Waals surface area contributed by atoms with Crippen molar-refractivity contribution in [3.05, 3.63) is 24.3 Å². The van der Waals surface area contributed by atoms with Crippen molar-refractivity contribution in [2.24, 2.45) is 0 Å². The number of rotatable bonds is 39. The van der Waals surface area contributed by atoms with Crippen molar-refractivity contribution in [1.82, 2.24) is 5.32 Å². The molecule has 0 aromatic carbocycles. The molecule has 11 heteroatoms. The second kappa shape index (κ2) is 37.4. The molecular formula is C47H89NO10. The van der Waals surface area contributed by atoms with Gasteiger partial charge in [-0.05, 0) is 51.4 Å². The molecular weight excluding hydrogens is 739 g/mol. The first-order valence-electron chi connectivity index (χ1n) is 23.7. The number of aliphatic hydroxyl groups excluding tert-OH is 7. The second-order valence-electron chi connectivity index (χ2n) is 16.8. The first-order chi connectivity index (χ1) is 28.2. The van der Waals surface area contributed by atoms with Crippen LogP contribution in [0.2, 0.25) is 0 Å². The standard InChI is InChI=1S/C47H89NO10/c1-3-5-7-9-11-13-15-17-18-19-20-21-23-25-27-29-31-33-35-40(51)46(56)48-38(37-57-47-45(55)44(54)43(53)41(36-49)58-47)42(52)39(50)34-32-30-28-26-24-22-16-14-12-10-8-6-4-2/h14,16,26,28,38-45,47,49-55H,3-13,15,17-25,27,29-37H2,1-2H3,(H,48,56)/b16-14+,28-26+. The van der Waals surface area contributed by atoms with Crippen molar-refractivity contribution in [2.75, 3.05) is 13.2 Å². The summed E-state index contributed by atoms with van der Waals surface area (Å²) in [5.41, 5.74) is 0. The molecule has 1 rings (SSSR count). The van der Waals surface area contributed by atoms with E-state index in [9.17, 15) is 40.5 Å². The summed E-state index contributed by atoms with van der Waals surface area (Å²) in [7, 11) is 0. The van der Waals surface area contributed by atoms with Crippen molar-refractivity contribution in [2.45, 2.75) is 255 Å². The van der Waals surface area contributed by atoms with Gasteiger partial charge in [0.2, 0.25) is 5.91 Å². The first kappa shape index (κ1) is 54.6. The minimum atomic E-state index is -1.67. The van der Waals surface area contributed by atoms with Gasteiger partial charge in [0.1, 0.15) is 36.6 Å². The van der Waals surface area contributed by atoms with Crippen molar-refractivity contribution in [1.29, 1.82) is 0 Å². The molecule has 342 valence electrons. The number of amides is 1. The average Bonchev–Trinajstić information content (AvgIpc) is 3.22. The van der Waals surface area contributed by atoms with E-state index in [2.05, 4.69) is 43.5 Å². The molecule has 1 aliphatic heterocycles. The number of unbranched alkanes of at least 4 members (excludes halogenated alkanes) is 23. The molecule has 0 radical (unpaired) electrons. The number of carbonyl (C=O) groups excluding carboxylic acids is 1. The summed E-state index contributed by atoms with van der Waals surface area (Å²) in [5.74, 6) is -0.710. The number of ether oxygens (including phenoxy) is 2. The lowest BCUT2D eigenvalue weighted by Crippen LogP contribution is -2.60. The maximum absolute atomic E-state index is 13.1. The Balaban J connectivity index is 2.45. The van der Waals surface area contributed by atoms with E-state index in [4.69, 9.17) is 9.47 Å². The Bertz CT molecular complexity index is 997. The number of hydrogen-bond donors (Lipinski definition) is 8. The summed E-state index contributed by atoms with van der Waals surface area (Å²) >= 11 is 0. The van der Waals surface area contributed by atoms with E-state index < -0.39 is 74.2 Å². The van der Waals surface area contributed by atoms with E-state index in [1.165, 1.54) is 116 Å². The van der Waals surface area contributed by atoms with E-state index >= 15 is 0 Å². The van der Waals surface area contributed by atoms with Crippen molar-refractivity contribution < 1.29 is 50.0 Å². The molecule has 0 aromatic rings. The van der Waals surface area contributed by atoms with Crippen LogP contribution in [-0.2, 0) is 14.3 Å². The van der Waals surface area contributed by atoms with Crippen LogP contribution >= 0.6 is 0 Å². The Kier molecular flexibility index (Phi) is 35.2. The van der Waals surface area contributed by atoms with Gasteiger partial charge in [-0.3, -0.25) is 4.79 Å². The molecule has 1 heterocycles. The van der Waals surface area contributed by atoms with Gasteiger partial charge >= 0.3 is 0 Å². The van der Waals surface area contributed by atoms with Gasteiger partial charge in [-0.15, -0.1) is 0 Å². The number of nitrogens with one attached hydrogen (secondary N) is 1. The highest BCUT2D eigenvalue weighted by atomic mass is 16.7. The van der Waals surface area contributed by atoms with Crippen LogP contribution in [0.25, 0.3) is 0 Å². The molecule has 1 aliphatic rings. The van der Waals surface area contributed by atoms with Crippen LogP contribution < -0.4 is 5.32 Å². The molecule has 11 nitrogen and oxygen atoms in total. The number of aliphatic hydroxyl groups is 7. The summed E-state index contributed by atoms with van der Waals surface area (Å²) in [6.07, 6.45) is 29.4. The topological polar surface area (TPSA) is 189 Å². The minimum Gasteiger partial charge on any atom is -0.394 e. The van der Waals surface area contributed by atoms with Crippen LogP contribution in [0.3, 0.4) is 0 Å². The normalized spacial score (nSPS) is 22.1. The summed E-state index contributed by atoms with van der Waals surface area (Å²) in [6, 6.07) is -1.19. The molecule has 1 fully saturated rings. The lowest BCUT2D eigenvalue weighted by atomic mass is 9.98. The van der Waals surface area contributed by atoms with Gasteiger partial charge in [-0.25, -0.2) is 0 Å². The lowest BCUT2D eigenvalue weighted by molar-refractivity contribution is -0.303. The van der Waals surface area contributed by atoms with E-state index in [1.807, 2.05) is 0 Å². The SMILES string of the molecule is CCCCCC/C=C/CC/C=C/CCCC(O)C(O)C(COC1OC(CO)C(O)C(O)C1O)NC(=O)C(O)CCCCCCCCCCCCCCCCCCCC. The van der Waals surface area contributed by atoms with Gasteiger partial charge < -0.3 is 50.5 Å². The highest BCUT2D eigenvalue weighted by molar-refractivity contribution is 5.80. The van der Waals surface area contributed by atoms with Crippen LogP contribution in [-0.4, -0.2) is 110 Å². The van der Waals surface area contributed by atoms with Gasteiger partial charge in [0.05, 0.1) is 25.4 Å². The molecule has 0 spiro atoms. The van der Waals surface area contributed by atoms with Crippen molar-refractivity contribution >= 4 is 5.91 Å². The van der Waals surface area contributed by atoms with Crippen LogP contribution in [0.5, 0.6) is 0 Å². The Morgan fingerprint density at radius 3 is 1.53 bits per heavy atom. The van der Waals surface area contributed by atoms with Crippen LogP contribution in [0.15, 0.2) is 24.3 Å². The Morgan fingerprint density at radius 2 is 1.03 bits per heavy atom.